The van der Waals surface area contributed by atoms with E-state index in [0.717, 1.165) is 29.4 Å². The van der Waals surface area contributed by atoms with E-state index in [9.17, 15) is 14.4 Å². The Balaban J connectivity index is 2.73. The number of benzene rings is 1. The molecule has 0 fully saturated rings. The summed E-state index contributed by atoms with van der Waals surface area (Å²) in [5.74, 6) is -0.451. The number of imidazole rings is 1. The molecule has 0 spiro atoms. The van der Waals surface area contributed by atoms with Gasteiger partial charge in [0.1, 0.15) is 6.04 Å². The van der Waals surface area contributed by atoms with Crippen molar-refractivity contribution >= 4 is 23.4 Å². The highest BCUT2D eigenvalue weighted by atomic mass is 16.2. The molecule has 1 aromatic heterocycles. The normalized spacial score (nSPS) is 12.3. The number of carbonyl (C=O) groups is 2. The number of aromatic nitrogens is 2. The summed E-state index contributed by atoms with van der Waals surface area (Å²) in [6.45, 7) is 3.97. The van der Waals surface area contributed by atoms with Crippen molar-refractivity contribution < 1.29 is 9.59 Å². The van der Waals surface area contributed by atoms with Crippen molar-refractivity contribution in [1.29, 1.82) is 0 Å². The van der Waals surface area contributed by atoms with E-state index in [0.29, 0.717) is 12.8 Å². The van der Waals surface area contributed by atoms with Gasteiger partial charge >= 0.3 is 5.69 Å². The van der Waals surface area contributed by atoms with Gasteiger partial charge in [-0.1, -0.05) is 32.4 Å². The fourth-order valence-electron chi connectivity index (χ4n) is 2.91. The summed E-state index contributed by atoms with van der Waals surface area (Å²) in [5.41, 5.74) is 2.39. The fraction of sp³-hybridized carbons (Fsp3) is 0.438. The van der Waals surface area contributed by atoms with Crippen LogP contribution in [-0.2, 0) is 23.1 Å². The van der Waals surface area contributed by atoms with Crippen LogP contribution in [0.2, 0.25) is 0 Å². The minimum absolute atomic E-state index is 0.240. The number of hydrogen-bond acceptors (Lipinski definition) is 3. The van der Waals surface area contributed by atoms with E-state index < -0.39 is 11.9 Å². The lowest BCUT2D eigenvalue weighted by Gasteiger charge is -2.16. The number of fused-ring (bicyclic) bond motifs is 1. The predicted octanol–water partition coefficient (Wildman–Crippen LogP) is 1.52. The Kier molecular flexibility index (Phi) is 4.80. The van der Waals surface area contributed by atoms with Crippen LogP contribution in [0.5, 0.6) is 0 Å². The lowest BCUT2D eigenvalue weighted by molar-refractivity contribution is -0.128. The third-order valence-corrected chi connectivity index (χ3v) is 3.94. The molecule has 1 atom stereocenters. The monoisotopic (exact) mass is 303 g/mol. The Labute approximate surface area is 128 Å². The van der Waals surface area contributed by atoms with Gasteiger partial charge in [-0.25, -0.2) is 4.79 Å². The first kappa shape index (κ1) is 16.0. The van der Waals surface area contributed by atoms with Crippen LogP contribution < -0.4 is 11.0 Å². The van der Waals surface area contributed by atoms with Crippen molar-refractivity contribution in [3.63, 3.8) is 0 Å². The van der Waals surface area contributed by atoms with Crippen LogP contribution in [0, 0.1) is 0 Å². The van der Waals surface area contributed by atoms with Crippen LogP contribution in [0.4, 0.5) is 0 Å². The Hall–Kier alpha value is -2.37. The SMILES string of the molecule is CCCC(C(=O)NC=O)n1c(=O)n(C)c2c(CC)cccc21. The maximum absolute atomic E-state index is 12.6. The van der Waals surface area contributed by atoms with Crippen molar-refractivity contribution in [2.24, 2.45) is 7.05 Å². The molecule has 2 aromatic rings. The average molecular weight is 303 g/mol. The average Bonchev–Trinajstić information content (AvgIpc) is 2.77. The lowest BCUT2D eigenvalue weighted by Crippen LogP contribution is -2.36. The number of amides is 2. The molecule has 6 heteroatoms. The molecule has 22 heavy (non-hydrogen) atoms. The molecule has 1 aromatic carbocycles. The first-order valence-electron chi connectivity index (χ1n) is 7.49. The minimum atomic E-state index is -0.682. The first-order valence-corrected chi connectivity index (χ1v) is 7.49. The molecule has 0 saturated carbocycles. The molecule has 0 radical (unpaired) electrons. The van der Waals surface area contributed by atoms with Gasteiger partial charge in [0, 0.05) is 7.05 Å². The van der Waals surface area contributed by atoms with Gasteiger partial charge in [-0.05, 0) is 24.5 Å². The summed E-state index contributed by atoms with van der Waals surface area (Å²) in [6, 6.07) is 5.02. The summed E-state index contributed by atoms with van der Waals surface area (Å²) in [7, 11) is 1.71. The van der Waals surface area contributed by atoms with E-state index in [4.69, 9.17) is 0 Å². The lowest BCUT2D eigenvalue weighted by atomic mass is 10.1. The molecule has 0 aliphatic rings. The zero-order chi connectivity index (χ0) is 16.3. The minimum Gasteiger partial charge on any atom is -0.297 e. The van der Waals surface area contributed by atoms with Gasteiger partial charge in [0.2, 0.25) is 12.3 Å². The van der Waals surface area contributed by atoms with Gasteiger partial charge in [0.05, 0.1) is 11.0 Å². The number of rotatable bonds is 6. The van der Waals surface area contributed by atoms with Crippen LogP contribution in [-0.4, -0.2) is 21.5 Å². The van der Waals surface area contributed by atoms with Gasteiger partial charge in [0.25, 0.3) is 0 Å². The highest BCUT2D eigenvalue weighted by molar-refractivity contribution is 5.90. The molecule has 1 heterocycles. The zero-order valence-electron chi connectivity index (χ0n) is 13.1. The second-order valence-corrected chi connectivity index (χ2v) is 5.28. The Morgan fingerprint density at radius 3 is 2.68 bits per heavy atom. The van der Waals surface area contributed by atoms with Gasteiger partial charge < -0.3 is 0 Å². The topological polar surface area (TPSA) is 73.1 Å². The summed E-state index contributed by atoms with van der Waals surface area (Å²) in [5, 5.41) is 2.17. The van der Waals surface area contributed by atoms with Gasteiger partial charge in [0.15, 0.2) is 0 Å². The fourth-order valence-corrected chi connectivity index (χ4v) is 2.91. The van der Waals surface area contributed by atoms with Crippen molar-refractivity contribution in [1.82, 2.24) is 14.5 Å². The van der Waals surface area contributed by atoms with Crippen molar-refractivity contribution in [2.45, 2.75) is 39.2 Å². The molecule has 0 saturated heterocycles. The van der Waals surface area contributed by atoms with Crippen LogP contribution in [0.25, 0.3) is 11.0 Å². The third kappa shape index (κ3) is 2.56. The summed E-state index contributed by atoms with van der Waals surface area (Å²) in [4.78, 5) is 35.4. The van der Waals surface area contributed by atoms with E-state index >= 15 is 0 Å². The quantitative estimate of drug-likeness (QED) is 0.822. The summed E-state index contributed by atoms with van der Waals surface area (Å²) in [6.07, 6.45) is 2.38. The van der Waals surface area contributed by atoms with Gasteiger partial charge in [-0.2, -0.15) is 0 Å². The summed E-state index contributed by atoms with van der Waals surface area (Å²) >= 11 is 0. The molecule has 1 unspecified atom stereocenters. The Bertz CT molecular complexity index is 758. The standard InChI is InChI=1S/C16H21N3O3/c1-4-7-13(15(21)17-10-20)19-12-9-6-8-11(5-2)14(12)18(3)16(19)22/h6,8-10,13H,4-5,7H2,1-3H3,(H,17,20,21). The van der Waals surface area contributed by atoms with E-state index in [-0.39, 0.29) is 5.69 Å². The number of carbonyl (C=O) groups excluding carboxylic acids is 2. The molecule has 0 aliphatic heterocycles. The maximum atomic E-state index is 12.6. The highest BCUT2D eigenvalue weighted by Crippen LogP contribution is 2.23. The molecule has 0 aliphatic carbocycles. The van der Waals surface area contributed by atoms with Crippen LogP contribution in [0.15, 0.2) is 23.0 Å². The highest BCUT2D eigenvalue weighted by Gasteiger charge is 2.25. The second-order valence-electron chi connectivity index (χ2n) is 5.28. The maximum Gasteiger partial charge on any atom is 0.329 e. The van der Waals surface area contributed by atoms with E-state index in [1.165, 1.54) is 4.57 Å². The van der Waals surface area contributed by atoms with E-state index in [1.54, 1.807) is 11.6 Å². The van der Waals surface area contributed by atoms with Crippen LogP contribution in [0.3, 0.4) is 0 Å². The van der Waals surface area contributed by atoms with E-state index in [1.807, 2.05) is 32.0 Å². The summed E-state index contributed by atoms with van der Waals surface area (Å²) < 4.78 is 3.07. The van der Waals surface area contributed by atoms with Gasteiger partial charge in [-0.15, -0.1) is 0 Å². The number of para-hydroxylation sites is 1. The Morgan fingerprint density at radius 1 is 1.36 bits per heavy atom. The number of imide groups is 1. The number of nitrogens with zero attached hydrogens (tertiary/aromatic N) is 2. The molecule has 1 N–H and O–H groups in total. The smallest absolute Gasteiger partial charge is 0.297 e. The number of nitrogens with one attached hydrogen (secondary N) is 1. The number of hydrogen-bond donors (Lipinski definition) is 1. The van der Waals surface area contributed by atoms with Crippen LogP contribution in [0.1, 0.15) is 38.3 Å². The van der Waals surface area contributed by atoms with Crippen LogP contribution >= 0.6 is 0 Å². The first-order chi connectivity index (χ1) is 10.6. The predicted molar refractivity (Wildman–Crippen MR) is 84.7 cm³/mol. The van der Waals surface area contributed by atoms with Crippen molar-refractivity contribution in [2.75, 3.05) is 0 Å². The number of aryl methyl sites for hydroxylation is 2. The molecule has 0 bridgehead atoms. The van der Waals surface area contributed by atoms with Gasteiger partial charge in [-0.3, -0.25) is 24.0 Å². The molecule has 6 nitrogen and oxygen atoms in total. The molecule has 118 valence electrons. The molecular weight excluding hydrogens is 282 g/mol. The van der Waals surface area contributed by atoms with Crippen molar-refractivity contribution in [3.8, 4) is 0 Å². The molecular formula is C16H21N3O3. The third-order valence-electron chi connectivity index (χ3n) is 3.94. The zero-order valence-corrected chi connectivity index (χ0v) is 13.1. The Morgan fingerprint density at radius 2 is 2.09 bits per heavy atom. The molecule has 2 amide bonds. The molecule has 2 rings (SSSR count). The van der Waals surface area contributed by atoms with Crippen molar-refractivity contribution in [3.05, 3.63) is 34.2 Å². The largest absolute Gasteiger partial charge is 0.329 e. The van der Waals surface area contributed by atoms with E-state index in [2.05, 4.69) is 5.32 Å². The second kappa shape index (κ2) is 6.60.